The van der Waals surface area contributed by atoms with Crippen LogP contribution in [0.1, 0.15) is 13.3 Å². The van der Waals surface area contributed by atoms with Crippen molar-refractivity contribution in [2.45, 2.75) is 25.5 Å². The number of amides is 1. The Kier molecular flexibility index (Phi) is 5.62. The van der Waals surface area contributed by atoms with Crippen molar-refractivity contribution in [2.75, 3.05) is 25.1 Å². The van der Waals surface area contributed by atoms with Gasteiger partial charge in [-0.05, 0) is 25.0 Å². The van der Waals surface area contributed by atoms with Crippen LogP contribution in [0, 0.1) is 0 Å². The Bertz CT molecular complexity index is 234. The maximum absolute atomic E-state index is 11.6. The van der Waals surface area contributed by atoms with Crippen molar-refractivity contribution >= 4 is 23.6 Å². The van der Waals surface area contributed by atoms with E-state index >= 15 is 0 Å². The van der Waals surface area contributed by atoms with Gasteiger partial charge in [0.05, 0.1) is 0 Å². The van der Waals surface area contributed by atoms with E-state index in [0.29, 0.717) is 13.0 Å². The first kappa shape index (κ1) is 13.3. The summed E-state index contributed by atoms with van der Waals surface area (Å²) >= 11 is 1.64. The molecule has 2 atom stereocenters. The molecule has 1 aliphatic heterocycles. The second-order valence-electron chi connectivity index (χ2n) is 3.58. The van der Waals surface area contributed by atoms with Crippen LogP contribution in [-0.4, -0.2) is 49.1 Å². The first-order valence-electron chi connectivity index (χ1n) is 5.39. The van der Waals surface area contributed by atoms with E-state index in [1.807, 2.05) is 13.2 Å². The predicted molar refractivity (Wildman–Crippen MR) is 63.4 cm³/mol. The number of carbonyl (C=O) groups excluding carboxylic acids is 2. The Hall–Kier alpha value is -0.750. The lowest BCUT2D eigenvalue weighted by molar-refractivity contribution is -0.165. The molecule has 2 unspecified atom stereocenters. The molecule has 0 bridgehead atoms. The summed E-state index contributed by atoms with van der Waals surface area (Å²) in [7, 11) is 0. The standard InChI is InChI=1S/C10H18N2O3S/c1-3-11-6-8-9(13)12-7(4-5-16-2)10(14)15-8/h7-8,11H,3-6H2,1-2H3,(H,12,13). The first-order chi connectivity index (χ1) is 7.69. The normalized spacial score (nSPS) is 25.1. The topological polar surface area (TPSA) is 67.4 Å². The van der Waals surface area contributed by atoms with Crippen molar-refractivity contribution in [1.82, 2.24) is 10.6 Å². The van der Waals surface area contributed by atoms with E-state index in [1.54, 1.807) is 11.8 Å². The maximum Gasteiger partial charge on any atom is 0.329 e. The van der Waals surface area contributed by atoms with Crippen molar-refractivity contribution in [3.8, 4) is 0 Å². The van der Waals surface area contributed by atoms with Crippen molar-refractivity contribution in [3.05, 3.63) is 0 Å². The van der Waals surface area contributed by atoms with Gasteiger partial charge in [-0.3, -0.25) is 4.79 Å². The van der Waals surface area contributed by atoms with Gasteiger partial charge in [0.25, 0.3) is 5.91 Å². The molecular weight excluding hydrogens is 228 g/mol. The third-order valence-electron chi connectivity index (χ3n) is 2.34. The van der Waals surface area contributed by atoms with E-state index in [4.69, 9.17) is 4.74 Å². The highest BCUT2D eigenvalue weighted by Crippen LogP contribution is 2.09. The summed E-state index contributed by atoms with van der Waals surface area (Å²) in [4.78, 5) is 23.1. The number of esters is 1. The Morgan fingerprint density at radius 1 is 1.50 bits per heavy atom. The quantitative estimate of drug-likeness (QED) is 0.633. The number of likely N-dealkylation sites (N-methyl/N-ethyl adjacent to an activating group) is 1. The van der Waals surface area contributed by atoms with Crippen LogP contribution < -0.4 is 10.6 Å². The summed E-state index contributed by atoms with van der Waals surface area (Å²) in [5, 5.41) is 5.68. The van der Waals surface area contributed by atoms with Crippen LogP contribution in [0.2, 0.25) is 0 Å². The van der Waals surface area contributed by atoms with Gasteiger partial charge >= 0.3 is 5.97 Å². The van der Waals surface area contributed by atoms with E-state index in [1.165, 1.54) is 0 Å². The zero-order valence-electron chi connectivity index (χ0n) is 9.62. The molecule has 0 saturated carbocycles. The molecule has 1 fully saturated rings. The molecule has 2 N–H and O–H groups in total. The van der Waals surface area contributed by atoms with Crippen LogP contribution in [0.5, 0.6) is 0 Å². The largest absolute Gasteiger partial charge is 0.449 e. The van der Waals surface area contributed by atoms with Crippen molar-refractivity contribution < 1.29 is 14.3 Å². The molecule has 1 amide bonds. The van der Waals surface area contributed by atoms with Crippen LogP contribution in [0.15, 0.2) is 0 Å². The van der Waals surface area contributed by atoms with Crippen molar-refractivity contribution in [1.29, 1.82) is 0 Å². The number of morpholine rings is 1. The van der Waals surface area contributed by atoms with Crippen LogP contribution >= 0.6 is 11.8 Å². The Balaban J connectivity index is 2.43. The lowest BCUT2D eigenvalue weighted by Gasteiger charge is -2.28. The number of hydrogen-bond donors (Lipinski definition) is 2. The summed E-state index contributed by atoms with van der Waals surface area (Å²) < 4.78 is 5.09. The molecule has 5 nitrogen and oxygen atoms in total. The molecular formula is C10H18N2O3S. The number of carbonyl (C=O) groups is 2. The Morgan fingerprint density at radius 2 is 2.25 bits per heavy atom. The number of hydrogen-bond acceptors (Lipinski definition) is 5. The fourth-order valence-corrected chi connectivity index (χ4v) is 1.91. The highest BCUT2D eigenvalue weighted by Gasteiger charge is 2.34. The molecule has 1 saturated heterocycles. The molecule has 0 radical (unpaired) electrons. The van der Waals surface area contributed by atoms with Crippen molar-refractivity contribution in [2.24, 2.45) is 0 Å². The van der Waals surface area contributed by atoms with Gasteiger partial charge in [0.2, 0.25) is 0 Å². The predicted octanol–water partition coefficient (Wildman–Crippen LogP) is -0.241. The van der Waals surface area contributed by atoms with Gasteiger partial charge < -0.3 is 15.4 Å². The van der Waals surface area contributed by atoms with Gasteiger partial charge in [-0.15, -0.1) is 0 Å². The van der Waals surface area contributed by atoms with Crippen LogP contribution in [-0.2, 0) is 14.3 Å². The Labute approximate surface area is 99.7 Å². The Morgan fingerprint density at radius 3 is 2.88 bits per heavy atom. The lowest BCUT2D eigenvalue weighted by atomic mass is 10.1. The molecule has 6 heteroatoms. The minimum absolute atomic E-state index is 0.202. The molecule has 0 aliphatic carbocycles. The molecule has 0 spiro atoms. The summed E-state index contributed by atoms with van der Waals surface area (Å²) in [6.07, 6.45) is 1.90. The second kappa shape index (κ2) is 6.75. The average molecular weight is 246 g/mol. The fraction of sp³-hybridized carbons (Fsp3) is 0.800. The van der Waals surface area contributed by atoms with Gasteiger partial charge in [0.1, 0.15) is 6.04 Å². The van der Waals surface area contributed by atoms with Crippen molar-refractivity contribution in [3.63, 3.8) is 0 Å². The minimum Gasteiger partial charge on any atom is -0.449 e. The molecule has 92 valence electrons. The van der Waals surface area contributed by atoms with Gasteiger partial charge in [0.15, 0.2) is 6.10 Å². The molecule has 1 rings (SSSR count). The summed E-state index contributed by atoms with van der Waals surface area (Å²) in [6.45, 7) is 3.06. The van der Waals surface area contributed by atoms with E-state index in [0.717, 1.165) is 12.3 Å². The number of ether oxygens (including phenoxy) is 1. The molecule has 1 heterocycles. The zero-order valence-corrected chi connectivity index (χ0v) is 10.4. The average Bonchev–Trinajstić information content (AvgIpc) is 2.28. The molecule has 0 aromatic heterocycles. The summed E-state index contributed by atoms with van der Waals surface area (Å²) in [6, 6.07) is -0.474. The molecule has 0 aromatic rings. The third kappa shape index (κ3) is 3.68. The van der Waals surface area contributed by atoms with E-state index in [-0.39, 0.29) is 11.9 Å². The maximum atomic E-state index is 11.6. The number of thioether (sulfide) groups is 1. The SMILES string of the molecule is CCNCC1OC(=O)C(CCSC)NC1=O. The number of nitrogens with one attached hydrogen (secondary N) is 2. The summed E-state index contributed by atoms with van der Waals surface area (Å²) in [5.41, 5.74) is 0. The second-order valence-corrected chi connectivity index (χ2v) is 4.56. The van der Waals surface area contributed by atoms with Crippen LogP contribution in [0.3, 0.4) is 0 Å². The lowest BCUT2D eigenvalue weighted by Crippen LogP contribution is -2.56. The van der Waals surface area contributed by atoms with Gasteiger partial charge in [-0.25, -0.2) is 4.79 Å². The van der Waals surface area contributed by atoms with Crippen LogP contribution in [0.4, 0.5) is 0 Å². The molecule has 16 heavy (non-hydrogen) atoms. The van der Waals surface area contributed by atoms with Gasteiger partial charge in [0, 0.05) is 6.54 Å². The minimum atomic E-state index is -0.682. The smallest absolute Gasteiger partial charge is 0.329 e. The van der Waals surface area contributed by atoms with Gasteiger partial charge in [-0.1, -0.05) is 6.92 Å². The third-order valence-corrected chi connectivity index (χ3v) is 2.99. The monoisotopic (exact) mass is 246 g/mol. The number of cyclic esters (lactones) is 1. The van der Waals surface area contributed by atoms with E-state index in [2.05, 4.69) is 10.6 Å². The fourth-order valence-electron chi connectivity index (χ4n) is 1.43. The van der Waals surface area contributed by atoms with E-state index < -0.39 is 12.1 Å². The first-order valence-corrected chi connectivity index (χ1v) is 6.79. The van der Waals surface area contributed by atoms with Crippen LogP contribution in [0.25, 0.3) is 0 Å². The number of rotatable bonds is 6. The molecule has 0 aromatic carbocycles. The molecule has 1 aliphatic rings. The highest BCUT2D eigenvalue weighted by molar-refractivity contribution is 7.98. The van der Waals surface area contributed by atoms with E-state index in [9.17, 15) is 9.59 Å². The highest BCUT2D eigenvalue weighted by atomic mass is 32.2. The summed E-state index contributed by atoms with van der Waals surface area (Å²) in [5.74, 6) is 0.306. The van der Waals surface area contributed by atoms with Gasteiger partial charge in [-0.2, -0.15) is 11.8 Å². The zero-order chi connectivity index (χ0) is 12.0.